The maximum Gasteiger partial charge on any atom is 0.268 e. The van der Waals surface area contributed by atoms with E-state index in [4.69, 9.17) is 9.15 Å². The zero-order valence-corrected chi connectivity index (χ0v) is 18.1. The largest absolute Gasteiger partial charge is 0.497 e. The van der Waals surface area contributed by atoms with Gasteiger partial charge in [-0.1, -0.05) is 23.9 Å². The normalized spacial score (nSPS) is 11.3. The first kappa shape index (κ1) is 19.6. The van der Waals surface area contributed by atoms with Crippen LogP contribution >= 0.6 is 23.1 Å². The van der Waals surface area contributed by atoms with Crippen LogP contribution in [0.3, 0.4) is 0 Å². The van der Waals surface area contributed by atoms with Crippen LogP contribution in [0, 0.1) is 0 Å². The number of benzene rings is 1. The first-order chi connectivity index (χ1) is 15.2. The molecule has 4 aromatic heterocycles. The molecule has 0 spiro atoms. The number of fused-ring (bicyclic) bond motifs is 1. The Bertz CT molecular complexity index is 1390. The lowest BCUT2D eigenvalue weighted by atomic mass is 10.2. The van der Waals surface area contributed by atoms with Crippen molar-refractivity contribution >= 4 is 33.3 Å². The number of aromatic nitrogens is 5. The van der Waals surface area contributed by atoms with Crippen molar-refractivity contribution in [1.29, 1.82) is 0 Å². The van der Waals surface area contributed by atoms with Gasteiger partial charge in [0.25, 0.3) is 5.56 Å². The molecule has 156 valence electrons. The van der Waals surface area contributed by atoms with Gasteiger partial charge in [0.05, 0.1) is 31.2 Å². The van der Waals surface area contributed by atoms with Gasteiger partial charge in [-0.05, 0) is 35.7 Å². The zero-order chi connectivity index (χ0) is 21.2. The van der Waals surface area contributed by atoms with Gasteiger partial charge in [0.2, 0.25) is 0 Å². The highest BCUT2D eigenvalue weighted by Crippen LogP contribution is 2.29. The number of thiophene rings is 1. The van der Waals surface area contributed by atoms with E-state index in [9.17, 15) is 4.79 Å². The molecule has 0 fully saturated rings. The van der Waals surface area contributed by atoms with E-state index in [2.05, 4.69) is 20.2 Å². The SMILES string of the molecule is COc1cccc(-c2nnc(SCc3nc4ccsc4c(=O)[nH]3)n2Cc2ccco2)c1. The van der Waals surface area contributed by atoms with Crippen LogP contribution in [0.4, 0.5) is 0 Å². The molecule has 0 aliphatic rings. The molecule has 0 bridgehead atoms. The van der Waals surface area contributed by atoms with Crippen molar-refractivity contribution in [2.75, 3.05) is 7.11 Å². The monoisotopic (exact) mass is 451 g/mol. The van der Waals surface area contributed by atoms with Crippen molar-refractivity contribution in [3.8, 4) is 17.1 Å². The molecule has 0 aliphatic carbocycles. The molecule has 1 aromatic carbocycles. The molecular weight excluding hydrogens is 434 g/mol. The van der Waals surface area contributed by atoms with E-state index < -0.39 is 0 Å². The number of thioether (sulfide) groups is 1. The predicted molar refractivity (Wildman–Crippen MR) is 120 cm³/mol. The van der Waals surface area contributed by atoms with Crippen molar-refractivity contribution in [2.45, 2.75) is 17.5 Å². The molecule has 0 saturated heterocycles. The van der Waals surface area contributed by atoms with Gasteiger partial charge in [-0.2, -0.15) is 0 Å². The van der Waals surface area contributed by atoms with E-state index >= 15 is 0 Å². The summed E-state index contributed by atoms with van der Waals surface area (Å²) in [7, 11) is 1.63. The average Bonchev–Trinajstić information content (AvgIpc) is 3.54. The van der Waals surface area contributed by atoms with Gasteiger partial charge >= 0.3 is 0 Å². The van der Waals surface area contributed by atoms with Crippen molar-refractivity contribution < 1.29 is 9.15 Å². The van der Waals surface area contributed by atoms with Crippen LogP contribution in [0.5, 0.6) is 5.75 Å². The van der Waals surface area contributed by atoms with E-state index in [1.165, 1.54) is 23.1 Å². The Morgan fingerprint density at radius 3 is 3.00 bits per heavy atom. The third kappa shape index (κ3) is 3.99. The molecule has 0 atom stereocenters. The highest BCUT2D eigenvalue weighted by Gasteiger charge is 2.17. The van der Waals surface area contributed by atoms with Crippen molar-refractivity contribution in [2.24, 2.45) is 0 Å². The number of methoxy groups -OCH3 is 1. The summed E-state index contributed by atoms with van der Waals surface area (Å²) in [4.78, 5) is 19.6. The maximum absolute atomic E-state index is 12.2. The van der Waals surface area contributed by atoms with Gasteiger partial charge in [0, 0.05) is 5.56 Å². The second-order valence-corrected chi connectivity index (χ2v) is 8.50. The number of aromatic amines is 1. The molecule has 1 N–H and O–H groups in total. The van der Waals surface area contributed by atoms with E-state index in [0.29, 0.717) is 39.3 Å². The zero-order valence-electron chi connectivity index (χ0n) is 16.4. The molecule has 10 heteroatoms. The summed E-state index contributed by atoms with van der Waals surface area (Å²) in [6.45, 7) is 0.475. The molecule has 0 aliphatic heterocycles. The Labute approximate surface area is 184 Å². The van der Waals surface area contributed by atoms with Crippen LogP contribution < -0.4 is 10.3 Å². The highest BCUT2D eigenvalue weighted by molar-refractivity contribution is 7.98. The van der Waals surface area contributed by atoms with Gasteiger partial charge in [-0.25, -0.2) is 4.98 Å². The molecule has 4 heterocycles. The minimum Gasteiger partial charge on any atom is -0.497 e. The van der Waals surface area contributed by atoms with Crippen molar-refractivity contribution in [3.63, 3.8) is 0 Å². The Hall–Kier alpha value is -3.37. The fraction of sp³-hybridized carbons (Fsp3) is 0.143. The summed E-state index contributed by atoms with van der Waals surface area (Å²) in [6.07, 6.45) is 1.64. The molecule has 5 rings (SSSR count). The van der Waals surface area contributed by atoms with Crippen LogP contribution in [0.1, 0.15) is 11.6 Å². The van der Waals surface area contributed by atoms with Crippen LogP contribution in [-0.4, -0.2) is 31.8 Å². The van der Waals surface area contributed by atoms with E-state index in [1.54, 1.807) is 13.4 Å². The molecule has 0 unspecified atom stereocenters. The number of nitrogens with zero attached hydrogens (tertiary/aromatic N) is 4. The topological polar surface area (TPSA) is 98.8 Å². The van der Waals surface area contributed by atoms with Crippen molar-refractivity contribution in [1.82, 2.24) is 24.7 Å². The number of H-pyrrole nitrogens is 1. The standard InChI is InChI=1S/C21H17N5O3S2/c1-28-14-5-2-4-13(10-14)19-24-25-21(26(19)11-15-6-3-8-29-15)31-12-17-22-16-7-9-30-18(16)20(27)23-17/h2-10H,11-12H2,1H3,(H,22,23,27). The summed E-state index contributed by atoms with van der Waals surface area (Å²) in [5.41, 5.74) is 1.47. The summed E-state index contributed by atoms with van der Waals surface area (Å²) in [6, 6.07) is 13.3. The highest BCUT2D eigenvalue weighted by atomic mass is 32.2. The van der Waals surface area contributed by atoms with Crippen LogP contribution in [0.2, 0.25) is 0 Å². The van der Waals surface area contributed by atoms with E-state index in [1.807, 2.05) is 52.4 Å². The Kier molecular flexibility index (Phi) is 5.31. The molecule has 0 radical (unpaired) electrons. The van der Waals surface area contributed by atoms with Gasteiger partial charge < -0.3 is 14.1 Å². The quantitative estimate of drug-likeness (QED) is 0.371. The van der Waals surface area contributed by atoms with Gasteiger partial charge in [-0.15, -0.1) is 21.5 Å². The average molecular weight is 452 g/mol. The summed E-state index contributed by atoms with van der Waals surface area (Å²) in [5, 5.41) is 11.4. The summed E-state index contributed by atoms with van der Waals surface area (Å²) >= 11 is 2.84. The van der Waals surface area contributed by atoms with E-state index in [0.717, 1.165) is 17.1 Å². The fourth-order valence-corrected chi connectivity index (χ4v) is 4.73. The minimum atomic E-state index is -0.121. The summed E-state index contributed by atoms with van der Waals surface area (Å²) < 4.78 is 13.5. The second-order valence-electron chi connectivity index (χ2n) is 6.64. The van der Waals surface area contributed by atoms with Gasteiger partial charge in [0.1, 0.15) is 22.0 Å². The number of rotatable bonds is 7. The molecule has 5 aromatic rings. The second kappa shape index (κ2) is 8.40. The molecule has 31 heavy (non-hydrogen) atoms. The number of nitrogens with one attached hydrogen (secondary N) is 1. The lowest BCUT2D eigenvalue weighted by molar-refractivity contribution is 0.415. The van der Waals surface area contributed by atoms with E-state index in [-0.39, 0.29) is 5.56 Å². The lowest BCUT2D eigenvalue weighted by Crippen LogP contribution is -2.10. The minimum absolute atomic E-state index is 0.121. The van der Waals surface area contributed by atoms with Crippen molar-refractivity contribution in [3.05, 3.63) is 76.0 Å². The third-order valence-electron chi connectivity index (χ3n) is 4.64. The number of hydrogen-bond acceptors (Lipinski definition) is 8. The predicted octanol–water partition coefficient (Wildman–Crippen LogP) is 4.19. The number of furan rings is 1. The fourth-order valence-electron chi connectivity index (χ4n) is 3.19. The first-order valence-corrected chi connectivity index (χ1v) is 11.3. The Morgan fingerprint density at radius 2 is 2.16 bits per heavy atom. The maximum atomic E-state index is 12.2. The van der Waals surface area contributed by atoms with Crippen LogP contribution in [0.25, 0.3) is 21.6 Å². The van der Waals surface area contributed by atoms with Crippen LogP contribution in [-0.2, 0) is 12.3 Å². The first-order valence-electron chi connectivity index (χ1n) is 9.40. The lowest BCUT2D eigenvalue weighted by Gasteiger charge is -2.09. The molecular formula is C21H17N5O3S2. The third-order valence-corrected chi connectivity index (χ3v) is 6.52. The van der Waals surface area contributed by atoms with Gasteiger partial charge in [0.15, 0.2) is 11.0 Å². The molecule has 8 nitrogen and oxygen atoms in total. The Balaban J connectivity index is 1.48. The number of hydrogen-bond donors (Lipinski definition) is 1. The Morgan fingerprint density at radius 1 is 1.23 bits per heavy atom. The number of ether oxygens (including phenoxy) is 1. The van der Waals surface area contributed by atoms with Gasteiger partial charge in [-0.3, -0.25) is 9.36 Å². The summed E-state index contributed by atoms with van der Waals surface area (Å²) in [5.74, 6) is 3.28. The molecule has 0 saturated carbocycles. The smallest absolute Gasteiger partial charge is 0.268 e. The molecule has 0 amide bonds. The van der Waals surface area contributed by atoms with Crippen LogP contribution in [0.15, 0.2) is 68.5 Å².